The molecule has 7 nitrogen and oxygen atoms in total. The Balaban J connectivity index is 0.00000261. The number of halogens is 1. The molecule has 0 saturated carbocycles. The van der Waals surface area contributed by atoms with Crippen LogP contribution in [0, 0.1) is 0 Å². The summed E-state index contributed by atoms with van der Waals surface area (Å²) in [6.45, 7) is 3.03. The average molecular weight is 395 g/mol. The SMILES string of the molecule is COc1cccc(OCCCNC(=O)c2ccn(C3CCCNC3)n2)c1.Cl. The quantitative estimate of drug-likeness (QED) is 0.672. The van der Waals surface area contributed by atoms with E-state index >= 15 is 0 Å². The van der Waals surface area contributed by atoms with Gasteiger partial charge in [-0.2, -0.15) is 5.10 Å². The van der Waals surface area contributed by atoms with Crippen LogP contribution in [0.1, 0.15) is 35.8 Å². The van der Waals surface area contributed by atoms with Gasteiger partial charge < -0.3 is 20.1 Å². The summed E-state index contributed by atoms with van der Waals surface area (Å²) in [7, 11) is 1.63. The van der Waals surface area contributed by atoms with Crippen LogP contribution >= 0.6 is 12.4 Å². The molecule has 0 bridgehead atoms. The van der Waals surface area contributed by atoms with Gasteiger partial charge in [0.15, 0.2) is 0 Å². The molecule has 1 amide bonds. The highest BCUT2D eigenvalue weighted by Crippen LogP contribution is 2.19. The van der Waals surface area contributed by atoms with Crippen molar-refractivity contribution in [3.05, 3.63) is 42.2 Å². The fourth-order valence-electron chi connectivity index (χ4n) is 2.97. The largest absolute Gasteiger partial charge is 0.497 e. The highest BCUT2D eigenvalue weighted by molar-refractivity contribution is 5.92. The summed E-state index contributed by atoms with van der Waals surface area (Å²) in [6.07, 6.45) is 4.84. The van der Waals surface area contributed by atoms with E-state index in [0.29, 0.717) is 24.9 Å². The van der Waals surface area contributed by atoms with Crippen LogP contribution in [-0.2, 0) is 0 Å². The predicted molar refractivity (Wildman–Crippen MR) is 106 cm³/mol. The van der Waals surface area contributed by atoms with E-state index < -0.39 is 0 Å². The highest BCUT2D eigenvalue weighted by atomic mass is 35.5. The summed E-state index contributed by atoms with van der Waals surface area (Å²) >= 11 is 0. The molecular formula is C19H27ClN4O3. The van der Waals surface area contributed by atoms with E-state index in [2.05, 4.69) is 15.7 Å². The normalized spacial score (nSPS) is 16.3. The summed E-state index contributed by atoms with van der Waals surface area (Å²) in [5, 5.41) is 10.7. The molecule has 0 radical (unpaired) electrons. The van der Waals surface area contributed by atoms with Crippen molar-refractivity contribution >= 4 is 18.3 Å². The topological polar surface area (TPSA) is 77.4 Å². The Morgan fingerprint density at radius 1 is 1.37 bits per heavy atom. The number of carbonyl (C=O) groups excluding carboxylic acids is 1. The number of nitrogens with one attached hydrogen (secondary N) is 2. The molecule has 1 aliphatic heterocycles. The molecule has 1 aromatic carbocycles. The zero-order valence-electron chi connectivity index (χ0n) is 15.5. The number of piperidine rings is 1. The van der Waals surface area contributed by atoms with Gasteiger partial charge in [0.05, 0.1) is 19.8 Å². The Kier molecular flexibility index (Phi) is 8.42. The van der Waals surface area contributed by atoms with Gasteiger partial charge in [0.2, 0.25) is 0 Å². The van der Waals surface area contributed by atoms with Gasteiger partial charge in [-0.1, -0.05) is 6.07 Å². The summed E-state index contributed by atoms with van der Waals surface area (Å²) in [5.41, 5.74) is 0.462. The van der Waals surface area contributed by atoms with Crippen molar-refractivity contribution in [2.75, 3.05) is 33.4 Å². The Bertz CT molecular complexity index is 716. The third-order valence-corrected chi connectivity index (χ3v) is 4.40. The molecule has 1 saturated heterocycles. The van der Waals surface area contributed by atoms with E-state index in [1.165, 1.54) is 0 Å². The van der Waals surface area contributed by atoms with Crippen LogP contribution in [0.3, 0.4) is 0 Å². The van der Waals surface area contributed by atoms with Gasteiger partial charge in [-0.15, -0.1) is 12.4 Å². The number of aromatic nitrogens is 2. The van der Waals surface area contributed by atoms with Crippen molar-refractivity contribution < 1.29 is 14.3 Å². The lowest BCUT2D eigenvalue weighted by Gasteiger charge is -2.22. The molecule has 1 aliphatic rings. The first-order valence-corrected chi connectivity index (χ1v) is 9.07. The van der Waals surface area contributed by atoms with Crippen LogP contribution in [-0.4, -0.2) is 49.0 Å². The molecule has 1 fully saturated rings. The van der Waals surface area contributed by atoms with E-state index in [1.807, 2.05) is 35.1 Å². The van der Waals surface area contributed by atoms with Gasteiger partial charge in [0.1, 0.15) is 17.2 Å². The lowest BCUT2D eigenvalue weighted by molar-refractivity contribution is 0.0945. The van der Waals surface area contributed by atoms with E-state index in [4.69, 9.17) is 9.47 Å². The summed E-state index contributed by atoms with van der Waals surface area (Å²) in [4.78, 5) is 12.2. The third kappa shape index (κ3) is 6.15. The minimum atomic E-state index is -0.145. The lowest BCUT2D eigenvalue weighted by Crippen LogP contribution is -2.32. The maximum absolute atomic E-state index is 12.2. The zero-order valence-corrected chi connectivity index (χ0v) is 16.3. The van der Waals surface area contributed by atoms with Crippen molar-refractivity contribution in [1.82, 2.24) is 20.4 Å². The molecule has 2 aromatic rings. The molecular weight excluding hydrogens is 368 g/mol. The van der Waals surface area contributed by atoms with Crippen LogP contribution in [0.5, 0.6) is 11.5 Å². The minimum absolute atomic E-state index is 0. The average Bonchev–Trinajstić information content (AvgIpc) is 3.19. The number of amides is 1. The summed E-state index contributed by atoms with van der Waals surface area (Å²) < 4.78 is 12.7. The monoisotopic (exact) mass is 394 g/mol. The minimum Gasteiger partial charge on any atom is -0.497 e. The Morgan fingerprint density at radius 3 is 3.00 bits per heavy atom. The molecule has 148 valence electrons. The number of benzene rings is 1. The molecule has 1 atom stereocenters. The number of rotatable bonds is 8. The first kappa shape index (κ1) is 21.1. The number of carbonyl (C=O) groups is 1. The molecule has 2 N–H and O–H groups in total. The molecule has 1 aromatic heterocycles. The first-order valence-electron chi connectivity index (χ1n) is 9.07. The number of hydrogen-bond acceptors (Lipinski definition) is 5. The molecule has 0 aliphatic carbocycles. The zero-order chi connectivity index (χ0) is 18.2. The second kappa shape index (κ2) is 10.8. The van der Waals surface area contributed by atoms with Gasteiger partial charge in [-0.25, -0.2) is 0 Å². The van der Waals surface area contributed by atoms with Crippen molar-refractivity contribution in [1.29, 1.82) is 0 Å². The summed E-state index contributed by atoms with van der Waals surface area (Å²) in [5.74, 6) is 1.38. The van der Waals surface area contributed by atoms with Crippen molar-refractivity contribution in [2.24, 2.45) is 0 Å². The lowest BCUT2D eigenvalue weighted by atomic mass is 10.1. The molecule has 1 unspecified atom stereocenters. The number of ether oxygens (including phenoxy) is 2. The first-order chi connectivity index (χ1) is 12.8. The smallest absolute Gasteiger partial charge is 0.271 e. The molecule has 2 heterocycles. The van der Waals surface area contributed by atoms with Gasteiger partial charge in [-0.05, 0) is 44.0 Å². The van der Waals surface area contributed by atoms with Crippen LogP contribution < -0.4 is 20.1 Å². The van der Waals surface area contributed by atoms with Crippen molar-refractivity contribution in [3.8, 4) is 11.5 Å². The van der Waals surface area contributed by atoms with Gasteiger partial charge >= 0.3 is 0 Å². The van der Waals surface area contributed by atoms with Gasteiger partial charge in [-0.3, -0.25) is 9.48 Å². The number of hydrogen-bond donors (Lipinski definition) is 2. The fraction of sp³-hybridized carbons (Fsp3) is 0.474. The standard InChI is InChI=1S/C19H26N4O3.ClH/c1-25-16-6-2-7-17(13-16)26-12-4-10-21-19(24)18-8-11-23(22-18)15-5-3-9-20-14-15;/h2,6-8,11,13,15,20H,3-5,9-10,12,14H2,1H3,(H,21,24);1H. The van der Waals surface area contributed by atoms with Crippen LogP contribution in [0.2, 0.25) is 0 Å². The van der Waals surface area contributed by atoms with E-state index in [9.17, 15) is 4.79 Å². The van der Waals surface area contributed by atoms with Gasteiger partial charge in [0.25, 0.3) is 5.91 Å². The highest BCUT2D eigenvalue weighted by Gasteiger charge is 2.17. The van der Waals surface area contributed by atoms with Crippen molar-refractivity contribution in [2.45, 2.75) is 25.3 Å². The molecule has 0 spiro atoms. The molecule has 3 rings (SSSR count). The van der Waals surface area contributed by atoms with E-state index in [-0.39, 0.29) is 18.3 Å². The molecule has 8 heteroatoms. The Morgan fingerprint density at radius 2 is 2.22 bits per heavy atom. The fourth-order valence-corrected chi connectivity index (χ4v) is 2.97. The molecule has 27 heavy (non-hydrogen) atoms. The van der Waals surface area contributed by atoms with Crippen LogP contribution in [0.15, 0.2) is 36.5 Å². The van der Waals surface area contributed by atoms with E-state index in [0.717, 1.165) is 43.9 Å². The predicted octanol–water partition coefficient (Wildman–Crippen LogP) is 2.44. The number of methoxy groups -OCH3 is 1. The maximum atomic E-state index is 12.2. The Labute approximate surface area is 165 Å². The second-order valence-electron chi connectivity index (χ2n) is 6.32. The van der Waals surface area contributed by atoms with Crippen molar-refractivity contribution in [3.63, 3.8) is 0 Å². The Hall–Kier alpha value is -2.25. The van der Waals surface area contributed by atoms with Crippen LogP contribution in [0.25, 0.3) is 0 Å². The summed E-state index contributed by atoms with van der Waals surface area (Å²) in [6, 6.07) is 9.58. The number of nitrogens with zero attached hydrogens (tertiary/aromatic N) is 2. The third-order valence-electron chi connectivity index (χ3n) is 4.40. The van der Waals surface area contributed by atoms with Gasteiger partial charge in [0, 0.05) is 25.4 Å². The maximum Gasteiger partial charge on any atom is 0.271 e. The second-order valence-corrected chi connectivity index (χ2v) is 6.32. The van der Waals surface area contributed by atoms with Crippen LogP contribution in [0.4, 0.5) is 0 Å². The van der Waals surface area contributed by atoms with E-state index in [1.54, 1.807) is 13.2 Å².